The Hall–Kier alpha value is -0.640. The number of hydrogen-bond donors (Lipinski definition) is 1. The van der Waals surface area contributed by atoms with Gasteiger partial charge in [0.15, 0.2) is 0 Å². The molecule has 17 heavy (non-hydrogen) atoms. The maximum absolute atomic E-state index is 13.6. The molecule has 0 saturated carbocycles. The molecule has 1 heterocycles. The number of hydrogen-bond acceptors (Lipinski definition) is 2. The summed E-state index contributed by atoms with van der Waals surface area (Å²) in [5, 5.41) is 9.72. The predicted molar refractivity (Wildman–Crippen MR) is 66.5 cm³/mol. The van der Waals surface area contributed by atoms with E-state index in [1.165, 1.54) is 6.07 Å². The van der Waals surface area contributed by atoms with Gasteiger partial charge in [0.1, 0.15) is 5.82 Å². The van der Waals surface area contributed by atoms with Gasteiger partial charge in [0.2, 0.25) is 0 Å². The summed E-state index contributed by atoms with van der Waals surface area (Å²) in [6, 6.07) is 4.65. The quantitative estimate of drug-likeness (QED) is 0.900. The highest BCUT2D eigenvalue weighted by molar-refractivity contribution is 6.30. The van der Waals surface area contributed by atoms with Gasteiger partial charge in [0.25, 0.3) is 0 Å². The lowest BCUT2D eigenvalue weighted by Crippen LogP contribution is -2.36. The van der Waals surface area contributed by atoms with Crippen LogP contribution >= 0.6 is 11.6 Å². The third-order valence-electron chi connectivity index (χ3n) is 3.26. The van der Waals surface area contributed by atoms with Crippen LogP contribution in [0.2, 0.25) is 5.02 Å². The van der Waals surface area contributed by atoms with Gasteiger partial charge in [0.05, 0.1) is 0 Å². The third kappa shape index (κ3) is 3.41. The number of benzene rings is 1. The molecule has 4 heteroatoms. The predicted octanol–water partition coefficient (Wildman–Crippen LogP) is 2.68. The molecule has 0 aliphatic carbocycles. The van der Waals surface area contributed by atoms with Crippen molar-refractivity contribution in [2.45, 2.75) is 19.4 Å². The topological polar surface area (TPSA) is 23.5 Å². The fourth-order valence-electron chi connectivity index (χ4n) is 2.35. The number of aliphatic hydroxyl groups excluding tert-OH is 1. The zero-order chi connectivity index (χ0) is 12.3. The fraction of sp³-hybridized carbons (Fsp3) is 0.538. The van der Waals surface area contributed by atoms with Crippen LogP contribution < -0.4 is 0 Å². The van der Waals surface area contributed by atoms with Crippen LogP contribution in [0.5, 0.6) is 0 Å². The molecule has 1 fully saturated rings. The number of nitrogens with zero attached hydrogens (tertiary/aromatic N) is 1. The van der Waals surface area contributed by atoms with Gasteiger partial charge in [-0.1, -0.05) is 11.6 Å². The van der Waals surface area contributed by atoms with Crippen molar-refractivity contribution in [2.24, 2.45) is 5.92 Å². The van der Waals surface area contributed by atoms with E-state index in [9.17, 15) is 4.39 Å². The Morgan fingerprint density at radius 2 is 2.29 bits per heavy atom. The molecule has 94 valence electrons. The Balaban J connectivity index is 2.02. The average Bonchev–Trinajstić information content (AvgIpc) is 2.34. The Kier molecular flexibility index (Phi) is 4.37. The van der Waals surface area contributed by atoms with Crippen LogP contribution in [0, 0.1) is 11.7 Å². The molecule has 0 aromatic heterocycles. The summed E-state index contributed by atoms with van der Waals surface area (Å²) >= 11 is 5.87. The van der Waals surface area contributed by atoms with E-state index in [1.54, 1.807) is 12.1 Å². The van der Waals surface area contributed by atoms with Crippen molar-refractivity contribution in [3.8, 4) is 0 Å². The Morgan fingerprint density at radius 3 is 3.06 bits per heavy atom. The van der Waals surface area contributed by atoms with Crippen molar-refractivity contribution in [1.82, 2.24) is 4.90 Å². The van der Waals surface area contributed by atoms with E-state index in [-0.39, 0.29) is 12.4 Å². The lowest BCUT2D eigenvalue weighted by atomic mass is 9.98. The smallest absolute Gasteiger partial charge is 0.127 e. The minimum atomic E-state index is -0.208. The summed E-state index contributed by atoms with van der Waals surface area (Å²) in [5.41, 5.74) is 0.635. The second kappa shape index (κ2) is 5.80. The lowest BCUT2D eigenvalue weighted by Gasteiger charge is -2.31. The van der Waals surface area contributed by atoms with E-state index in [2.05, 4.69) is 4.90 Å². The number of halogens is 2. The van der Waals surface area contributed by atoms with Crippen molar-refractivity contribution in [2.75, 3.05) is 19.7 Å². The van der Waals surface area contributed by atoms with Crippen LogP contribution in [-0.4, -0.2) is 29.7 Å². The second-order valence-electron chi connectivity index (χ2n) is 4.66. The van der Waals surface area contributed by atoms with Crippen LogP contribution in [0.4, 0.5) is 4.39 Å². The first kappa shape index (κ1) is 12.8. The average molecular weight is 258 g/mol. The van der Waals surface area contributed by atoms with Crippen molar-refractivity contribution in [3.63, 3.8) is 0 Å². The Bertz CT molecular complexity index is 386. The van der Waals surface area contributed by atoms with Gasteiger partial charge in [0, 0.05) is 30.3 Å². The largest absolute Gasteiger partial charge is 0.396 e. The van der Waals surface area contributed by atoms with Gasteiger partial charge in [-0.25, -0.2) is 4.39 Å². The van der Waals surface area contributed by atoms with Gasteiger partial charge in [-0.3, -0.25) is 4.90 Å². The third-order valence-corrected chi connectivity index (χ3v) is 3.50. The Labute approximate surface area is 106 Å². The molecule has 0 spiro atoms. The van der Waals surface area contributed by atoms with Crippen molar-refractivity contribution in [1.29, 1.82) is 0 Å². The summed E-state index contributed by atoms with van der Waals surface area (Å²) < 4.78 is 13.6. The molecule has 1 aromatic carbocycles. The van der Waals surface area contributed by atoms with Crippen molar-refractivity contribution in [3.05, 3.63) is 34.6 Å². The Morgan fingerprint density at radius 1 is 1.47 bits per heavy atom. The molecular weight excluding hydrogens is 241 g/mol. The maximum atomic E-state index is 13.6. The summed E-state index contributed by atoms with van der Waals surface area (Å²) in [6.07, 6.45) is 2.12. The highest BCUT2D eigenvalue weighted by Crippen LogP contribution is 2.21. The molecule has 1 atom stereocenters. The summed E-state index contributed by atoms with van der Waals surface area (Å²) in [4.78, 5) is 2.18. The molecule has 1 unspecified atom stereocenters. The zero-order valence-corrected chi connectivity index (χ0v) is 10.5. The maximum Gasteiger partial charge on any atom is 0.127 e. The van der Waals surface area contributed by atoms with Crippen LogP contribution in [0.25, 0.3) is 0 Å². The van der Waals surface area contributed by atoms with E-state index < -0.39 is 0 Å². The van der Waals surface area contributed by atoms with Crippen LogP contribution in [0.3, 0.4) is 0 Å². The lowest BCUT2D eigenvalue weighted by molar-refractivity contribution is 0.115. The summed E-state index contributed by atoms with van der Waals surface area (Å²) in [7, 11) is 0. The number of aliphatic hydroxyl groups is 1. The molecule has 1 aliphatic rings. The van der Waals surface area contributed by atoms with Gasteiger partial charge in [-0.2, -0.15) is 0 Å². The molecule has 0 radical (unpaired) electrons. The summed E-state index contributed by atoms with van der Waals surface area (Å²) in [6.45, 7) is 2.59. The SMILES string of the molecule is OCC1CCCN(Cc2cc(Cl)ccc2F)C1. The fourth-order valence-corrected chi connectivity index (χ4v) is 2.54. The van der Waals surface area contributed by atoms with E-state index in [4.69, 9.17) is 16.7 Å². The van der Waals surface area contributed by atoms with E-state index in [0.717, 1.165) is 25.9 Å². The minimum Gasteiger partial charge on any atom is -0.396 e. The monoisotopic (exact) mass is 257 g/mol. The number of likely N-dealkylation sites (tertiary alicyclic amines) is 1. The van der Waals surface area contributed by atoms with Crippen LogP contribution in [0.15, 0.2) is 18.2 Å². The van der Waals surface area contributed by atoms with Gasteiger partial charge in [-0.05, 0) is 43.5 Å². The van der Waals surface area contributed by atoms with E-state index >= 15 is 0 Å². The van der Waals surface area contributed by atoms with E-state index in [1.807, 2.05) is 0 Å². The van der Waals surface area contributed by atoms with Crippen LogP contribution in [-0.2, 0) is 6.54 Å². The van der Waals surface area contributed by atoms with Gasteiger partial charge < -0.3 is 5.11 Å². The van der Waals surface area contributed by atoms with Gasteiger partial charge in [-0.15, -0.1) is 0 Å². The molecule has 1 N–H and O–H groups in total. The highest BCUT2D eigenvalue weighted by atomic mass is 35.5. The molecular formula is C13H17ClFNO. The molecule has 2 nitrogen and oxygen atoms in total. The van der Waals surface area contributed by atoms with Crippen molar-refractivity contribution < 1.29 is 9.50 Å². The number of rotatable bonds is 3. The van der Waals surface area contributed by atoms with E-state index in [0.29, 0.717) is 23.0 Å². The first-order valence-corrected chi connectivity index (χ1v) is 6.34. The highest BCUT2D eigenvalue weighted by Gasteiger charge is 2.20. The first-order chi connectivity index (χ1) is 8.19. The second-order valence-corrected chi connectivity index (χ2v) is 5.10. The summed E-state index contributed by atoms with van der Waals surface area (Å²) in [5.74, 6) is 0.117. The molecule has 1 aromatic rings. The molecule has 0 amide bonds. The normalized spacial score (nSPS) is 21.7. The van der Waals surface area contributed by atoms with Gasteiger partial charge >= 0.3 is 0 Å². The molecule has 2 rings (SSSR count). The zero-order valence-electron chi connectivity index (χ0n) is 9.70. The molecule has 1 saturated heterocycles. The standard InChI is InChI=1S/C13H17ClFNO/c14-12-3-4-13(15)11(6-12)8-16-5-1-2-10(7-16)9-17/h3-4,6,10,17H,1-2,5,7-9H2. The molecule has 1 aliphatic heterocycles. The first-order valence-electron chi connectivity index (χ1n) is 5.96. The van der Waals surface area contributed by atoms with Crippen molar-refractivity contribution >= 4 is 11.6 Å². The van der Waals surface area contributed by atoms with Crippen LogP contribution in [0.1, 0.15) is 18.4 Å². The minimum absolute atomic E-state index is 0.208. The molecule has 0 bridgehead atoms. The number of piperidine rings is 1.